The molecule has 0 aliphatic carbocycles. The molecule has 3 saturated heterocycles. The van der Waals surface area contributed by atoms with Gasteiger partial charge in [-0.05, 0) is 24.1 Å². The number of fused-ring (bicyclic) bond motifs is 3. The van der Waals surface area contributed by atoms with E-state index in [2.05, 4.69) is 13.0 Å². The van der Waals surface area contributed by atoms with E-state index in [1.165, 1.54) is 5.56 Å². The third-order valence-corrected chi connectivity index (χ3v) is 3.78. The van der Waals surface area contributed by atoms with Crippen LogP contribution in [-0.2, 0) is 20.6 Å². The summed E-state index contributed by atoms with van der Waals surface area (Å²) in [6, 6.07) is 8.05. The molecule has 1 aromatic rings. The number of ether oxygens (including phenoxy) is 4. The van der Waals surface area contributed by atoms with Gasteiger partial charge < -0.3 is 18.9 Å². The van der Waals surface area contributed by atoms with Crippen LogP contribution in [-0.4, -0.2) is 32.9 Å². The van der Waals surface area contributed by atoms with Crippen molar-refractivity contribution in [2.75, 3.05) is 26.9 Å². The lowest BCUT2D eigenvalue weighted by atomic mass is 9.91. The normalized spacial score (nSPS) is 33.4. The maximum Gasteiger partial charge on any atom is 0.283 e. The maximum absolute atomic E-state index is 5.77. The highest BCUT2D eigenvalue weighted by Crippen LogP contribution is 2.40. The predicted octanol–water partition coefficient (Wildman–Crippen LogP) is 2.36. The van der Waals surface area contributed by atoms with Crippen molar-refractivity contribution < 1.29 is 18.9 Å². The van der Waals surface area contributed by atoms with Crippen LogP contribution in [0.4, 0.5) is 0 Å². The molecule has 3 heterocycles. The average Bonchev–Trinajstić information content (AvgIpc) is 2.47. The summed E-state index contributed by atoms with van der Waals surface area (Å²) in [4.78, 5) is 0. The van der Waals surface area contributed by atoms with E-state index in [0.717, 1.165) is 12.2 Å². The Morgan fingerprint density at radius 2 is 1.84 bits per heavy atom. The lowest BCUT2D eigenvalue weighted by Crippen LogP contribution is -2.59. The van der Waals surface area contributed by atoms with Crippen molar-refractivity contribution in [1.29, 1.82) is 0 Å². The minimum Gasteiger partial charge on any atom is -0.497 e. The van der Waals surface area contributed by atoms with Crippen molar-refractivity contribution in [3.05, 3.63) is 29.8 Å². The Balaban J connectivity index is 1.63. The van der Waals surface area contributed by atoms with E-state index in [1.807, 2.05) is 18.2 Å². The first-order valence-corrected chi connectivity index (χ1v) is 6.68. The highest BCUT2D eigenvalue weighted by atomic mass is 16.9. The Morgan fingerprint density at radius 1 is 1.16 bits per heavy atom. The fourth-order valence-corrected chi connectivity index (χ4v) is 2.44. The van der Waals surface area contributed by atoms with Gasteiger partial charge in [0.15, 0.2) is 0 Å². The van der Waals surface area contributed by atoms with Gasteiger partial charge in [-0.2, -0.15) is 0 Å². The quantitative estimate of drug-likeness (QED) is 0.836. The molecule has 3 aliphatic rings. The Bertz CT molecular complexity index is 433. The van der Waals surface area contributed by atoms with Crippen LogP contribution in [0.15, 0.2) is 24.3 Å². The maximum atomic E-state index is 5.77. The summed E-state index contributed by atoms with van der Waals surface area (Å²) in [7, 11) is 1.68. The van der Waals surface area contributed by atoms with Crippen LogP contribution < -0.4 is 4.74 Å². The molecule has 0 spiro atoms. The zero-order chi connectivity index (χ0) is 13.3. The van der Waals surface area contributed by atoms with E-state index in [1.54, 1.807) is 7.11 Å². The van der Waals surface area contributed by atoms with E-state index in [-0.39, 0.29) is 5.41 Å². The Kier molecular flexibility index (Phi) is 3.25. The van der Waals surface area contributed by atoms with E-state index < -0.39 is 5.97 Å². The monoisotopic (exact) mass is 264 g/mol. The van der Waals surface area contributed by atoms with Gasteiger partial charge in [-0.15, -0.1) is 0 Å². The molecule has 0 atom stereocenters. The second-order valence-electron chi connectivity index (χ2n) is 5.71. The second-order valence-corrected chi connectivity index (χ2v) is 5.71. The summed E-state index contributed by atoms with van der Waals surface area (Å²) in [6.45, 7) is 4.26. The molecule has 0 N–H and O–H groups in total. The van der Waals surface area contributed by atoms with Crippen molar-refractivity contribution in [3.63, 3.8) is 0 Å². The van der Waals surface area contributed by atoms with Gasteiger partial charge in [0.05, 0.1) is 26.9 Å². The van der Waals surface area contributed by atoms with Crippen LogP contribution in [0.2, 0.25) is 0 Å². The summed E-state index contributed by atoms with van der Waals surface area (Å²) in [6.07, 6.45) is 1.55. The number of hydrogen-bond acceptors (Lipinski definition) is 4. The number of hydrogen-bond donors (Lipinski definition) is 0. The molecule has 1 aromatic carbocycles. The van der Waals surface area contributed by atoms with E-state index >= 15 is 0 Å². The van der Waals surface area contributed by atoms with Crippen LogP contribution in [0.5, 0.6) is 5.75 Å². The Hall–Kier alpha value is -1.10. The number of methoxy groups -OCH3 is 1. The molecule has 2 bridgehead atoms. The van der Waals surface area contributed by atoms with Crippen molar-refractivity contribution >= 4 is 0 Å². The summed E-state index contributed by atoms with van der Waals surface area (Å²) >= 11 is 0. The topological polar surface area (TPSA) is 36.9 Å². The van der Waals surface area contributed by atoms with E-state index in [4.69, 9.17) is 18.9 Å². The largest absolute Gasteiger partial charge is 0.497 e. The Morgan fingerprint density at radius 3 is 2.47 bits per heavy atom. The molecule has 4 nitrogen and oxygen atoms in total. The van der Waals surface area contributed by atoms with E-state index in [0.29, 0.717) is 26.2 Å². The fraction of sp³-hybridized carbons (Fsp3) is 0.600. The van der Waals surface area contributed by atoms with Crippen molar-refractivity contribution in [3.8, 4) is 5.75 Å². The minimum absolute atomic E-state index is 0.0255. The molecule has 104 valence electrons. The first-order valence-electron chi connectivity index (χ1n) is 6.68. The molecule has 0 amide bonds. The number of aryl methyl sites for hydroxylation is 1. The fourth-order valence-electron chi connectivity index (χ4n) is 2.44. The minimum atomic E-state index is -0.833. The number of rotatable bonds is 4. The lowest BCUT2D eigenvalue weighted by Gasteiger charge is -2.50. The lowest BCUT2D eigenvalue weighted by molar-refractivity contribution is -0.467. The predicted molar refractivity (Wildman–Crippen MR) is 70.0 cm³/mol. The Labute approximate surface area is 113 Å². The zero-order valence-electron chi connectivity index (χ0n) is 11.5. The smallest absolute Gasteiger partial charge is 0.283 e. The van der Waals surface area contributed by atoms with Crippen LogP contribution in [0.3, 0.4) is 0 Å². The first-order chi connectivity index (χ1) is 9.13. The molecular formula is C15H20O4. The van der Waals surface area contributed by atoms with Crippen molar-refractivity contribution in [1.82, 2.24) is 0 Å². The molecule has 3 aliphatic heterocycles. The van der Waals surface area contributed by atoms with Gasteiger partial charge in [0.25, 0.3) is 5.97 Å². The van der Waals surface area contributed by atoms with Crippen molar-refractivity contribution in [2.24, 2.45) is 5.41 Å². The molecule has 0 aromatic heterocycles. The SMILES string of the molecule is COc1cccc(CCC23OCC(C)(CO2)CO3)c1. The summed E-state index contributed by atoms with van der Waals surface area (Å²) < 4.78 is 22.5. The molecule has 19 heavy (non-hydrogen) atoms. The van der Waals surface area contributed by atoms with Gasteiger partial charge >= 0.3 is 0 Å². The van der Waals surface area contributed by atoms with Gasteiger partial charge in [0.1, 0.15) is 5.75 Å². The number of benzene rings is 1. The second kappa shape index (κ2) is 4.78. The van der Waals surface area contributed by atoms with Crippen molar-refractivity contribution in [2.45, 2.75) is 25.7 Å². The zero-order valence-corrected chi connectivity index (χ0v) is 11.5. The van der Waals surface area contributed by atoms with Gasteiger partial charge in [-0.1, -0.05) is 19.1 Å². The van der Waals surface area contributed by atoms with Crippen LogP contribution in [0.1, 0.15) is 18.9 Å². The third-order valence-electron chi connectivity index (χ3n) is 3.78. The van der Waals surface area contributed by atoms with Crippen LogP contribution in [0.25, 0.3) is 0 Å². The highest BCUT2D eigenvalue weighted by molar-refractivity contribution is 5.28. The molecule has 4 rings (SSSR count). The van der Waals surface area contributed by atoms with Crippen LogP contribution in [0, 0.1) is 5.41 Å². The molecule has 0 unspecified atom stereocenters. The van der Waals surface area contributed by atoms with Gasteiger partial charge in [0, 0.05) is 11.8 Å². The summed E-state index contributed by atoms with van der Waals surface area (Å²) in [5.74, 6) is 0.0403. The first kappa shape index (κ1) is 12.9. The summed E-state index contributed by atoms with van der Waals surface area (Å²) in [5, 5.41) is 0. The van der Waals surface area contributed by atoms with Gasteiger partial charge in [-0.25, -0.2) is 0 Å². The standard InChI is InChI=1S/C15H20O4/c1-14-9-17-15(18-10-14,19-11-14)7-6-12-4-3-5-13(8-12)16-2/h3-5,8H,6-7,9-11H2,1-2H3. The van der Waals surface area contributed by atoms with E-state index in [9.17, 15) is 0 Å². The average molecular weight is 264 g/mol. The van der Waals surface area contributed by atoms with Gasteiger partial charge in [-0.3, -0.25) is 0 Å². The van der Waals surface area contributed by atoms with Gasteiger partial charge in [0.2, 0.25) is 0 Å². The molecular weight excluding hydrogens is 244 g/mol. The molecule has 0 radical (unpaired) electrons. The molecule has 3 fully saturated rings. The van der Waals surface area contributed by atoms with Crippen LogP contribution >= 0.6 is 0 Å². The molecule has 0 saturated carbocycles. The summed E-state index contributed by atoms with van der Waals surface area (Å²) in [5.41, 5.74) is 1.22. The third kappa shape index (κ3) is 2.61. The molecule has 4 heteroatoms. The highest BCUT2D eigenvalue weighted by Gasteiger charge is 2.49.